The summed E-state index contributed by atoms with van der Waals surface area (Å²) < 4.78 is 74.2. The molecule has 5 aromatic rings. The van der Waals surface area contributed by atoms with Gasteiger partial charge in [0.05, 0.1) is 31.7 Å². The maximum absolute atomic E-state index is 15.8. The van der Waals surface area contributed by atoms with Crippen LogP contribution in [-0.4, -0.2) is 143 Å². The Balaban J connectivity index is 0.858. The molecule has 1 aromatic heterocycles. The van der Waals surface area contributed by atoms with E-state index in [2.05, 4.69) is 74.5 Å². The van der Waals surface area contributed by atoms with Crippen LogP contribution < -0.4 is 24.0 Å². The van der Waals surface area contributed by atoms with Crippen LogP contribution in [0, 0.1) is 23.4 Å². The number of hydrogen-bond donors (Lipinski definition) is 1. The van der Waals surface area contributed by atoms with Crippen molar-refractivity contribution in [1.29, 1.82) is 0 Å². The van der Waals surface area contributed by atoms with Crippen molar-refractivity contribution in [3.05, 3.63) is 121 Å². The van der Waals surface area contributed by atoms with Crippen molar-refractivity contribution in [2.75, 3.05) is 99.0 Å². The highest BCUT2D eigenvalue weighted by Crippen LogP contribution is 2.62. The zero-order valence-electron chi connectivity index (χ0n) is 44.6. The van der Waals surface area contributed by atoms with Crippen LogP contribution in [-0.2, 0) is 26.4 Å². The first kappa shape index (κ1) is 54.8. The van der Waals surface area contributed by atoms with Gasteiger partial charge in [-0.2, -0.15) is 5.10 Å². The minimum Gasteiger partial charge on any atom is -0.491 e. The number of unbranched alkanes of at least 4 members (excludes halogenated alkanes) is 2. The molecule has 3 unspecified atom stereocenters. The lowest BCUT2D eigenvalue weighted by molar-refractivity contribution is -0.137. The lowest BCUT2D eigenvalue weighted by Gasteiger charge is -2.38. The Kier molecular flexibility index (Phi) is 17.7. The molecule has 5 heterocycles. The molecule has 4 aliphatic heterocycles. The van der Waals surface area contributed by atoms with E-state index in [0.29, 0.717) is 50.0 Å². The van der Waals surface area contributed by atoms with Gasteiger partial charge in [0.1, 0.15) is 42.2 Å². The van der Waals surface area contributed by atoms with Crippen LogP contribution in [0.4, 0.5) is 35.0 Å². The largest absolute Gasteiger partial charge is 0.491 e. The Morgan fingerprint density at radius 2 is 1.61 bits per heavy atom. The number of carbonyl (C=O) groups is 2. The van der Waals surface area contributed by atoms with Gasteiger partial charge in [-0.05, 0) is 120 Å². The van der Waals surface area contributed by atoms with Crippen LogP contribution in [0.1, 0.15) is 72.3 Å². The number of ether oxygens (including phenoxy) is 4. The van der Waals surface area contributed by atoms with Crippen molar-refractivity contribution in [2.24, 2.45) is 5.92 Å². The number of carbonyl (C=O) groups excluding carboxylic acids is 2. The Morgan fingerprint density at radius 3 is 2.25 bits per heavy atom. The number of aromatic nitrogens is 3. The molecule has 19 heteroatoms. The van der Waals surface area contributed by atoms with Crippen LogP contribution >= 0.6 is 10.2 Å². The van der Waals surface area contributed by atoms with Crippen molar-refractivity contribution in [3.63, 3.8) is 0 Å². The van der Waals surface area contributed by atoms with E-state index in [9.17, 15) is 9.18 Å². The fraction of sp³-hybridized carbons (Fsp3) is 0.509. The molecule has 4 aliphatic rings. The highest BCUT2D eigenvalue weighted by atomic mass is 32.3. The Morgan fingerprint density at radius 1 is 0.882 bits per heavy atom. The van der Waals surface area contributed by atoms with Gasteiger partial charge in [0.25, 0.3) is 5.24 Å². The number of piperidine rings is 1. The Hall–Kier alpha value is -6.02. The molecule has 0 saturated carbocycles. The minimum atomic E-state index is -2.46. The molecule has 2 amide bonds. The number of hydrogen-bond acceptors (Lipinski definition) is 12. The number of halogens is 3. The van der Waals surface area contributed by atoms with E-state index in [4.69, 9.17) is 18.9 Å². The SMILES string of the molecule is CCCCCOc1ccc(NS2(c3ccc(N4CCN(c5ccc(OC[C@H]6OC[C@](Cn7cncn7)(c7ccc(F)cc7F)O6)cc5)CC4)cc3)CC(CN3CCCC(C(=O)N(CC)CC)C3)N(C(C)C)C2=O)cc1F. The van der Waals surface area contributed by atoms with Gasteiger partial charge in [-0.25, -0.2) is 22.8 Å². The number of anilines is 3. The van der Waals surface area contributed by atoms with E-state index in [0.717, 1.165) is 87.2 Å². The van der Waals surface area contributed by atoms with Crippen molar-refractivity contribution >= 4 is 38.4 Å². The Bertz CT molecular complexity index is 2710. The second kappa shape index (κ2) is 24.5. The zero-order chi connectivity index (χ0) is 53.4. The number of nitrogens with zero attached hydrogens (tertiary/aromatic N) is 8. The number of rotatable bonds is 22. The first-order valence-electron chi connectivity index (χ1n) is 27.1. The maximum Gasteiger partial charge on any atom is 0.285 e. The zero-order valence-corrected chi connectivity index (χ0v) is 45.4. The summed E-state index contributed by atoms with van der Waals surface area (Å²) in [6.45, 7) is 17.6. The summed E-state index contributed by atoms with van der Waals surface area (Å²) in [6, 6.07) is 24.4. The molecule has 0 aliphatic carbocycles. The third-order valence-corrected chi connectivity index (χ3v) is 18.5. The van der Waals surface area contributed by atoms with Crippen molar-refractivity contribution in [3.8, 4) is 11.5 Å². The fourth-order valence-corrected chi connectivity index (χ4v) is 14.7. The molecule has 4 aromatic carbocycles. The normalized spacial score (nSPS) is 24.0. The van der Waals surface area contributed by atoms with Gasteiger partial charge in [-0.1, -0.05) is 36.0 Å². The molecule has 0 spiro atoms. The third kappa shape index (κ3) is 12.2. The highest BCUT2D eigenvalue weighted by molar-refractivity contribution is 8.46. The predicted molar refractivity (Wildman–Crippen MR) is 291 cm³/mol. The number of likely N-dealkylation sites (tertiary alicyclic amines) is 1. The molecule has 5 atom stereocenters. The lowest BCUT2D eigenvalue weighted by Crippen LogP contribution is -2.50. The molecule has 9 rings (SSSR count). The van der Waals surface area contributed by atoms with E-state index in [1.807, 2.05) is 54.0 Å². The van der Waals surface area contributed by atoms with E-state index < -0.39 is 39.6 Å². The number of nitrogens with one attached hydrogen (secondary N) is 1. The summed E-state index contributed by atoms with van der Waals surface area (Å²) in [4.78, 5) is 44.7. The highest BCUT2D eigenvalue weighted by Gasteiger charge is 2.51. The minimum absolute atomic E-state index is 0.00447. The topological polar surface area (TPSA) is 130 Å². The van der Waals surface area contributed by atoms with Gasteiger partial charge >= 0.3 is 0 Å². The summed E-state index contributed by atoms with van der Waals surface area (Å²) >= 11 is 0. The van der Waals surface area contributed by atoms with E-state index in [1.54, 1.807) is 6.07 Å². The average molecular weight is 1070 g/mol. The maximum atomic E-state index is 15.8. The van der Waals surface area contributed by atoms with E-state index in [-0.39, 0.29) is 60.2 Å². The van der Waals surface area contributed by atoms with Crippen molar-refractivity contribution in [2.45, 2.75) is 102 Å². The average Bonchev–Trinajstić information content (AvgIpc) is 4.16. The lowest BCUT2D eigenvalue weighted by atomic mass is 9.94. The van der Waals surface area contributed by atoms with Gasteiger partial charge in [0, 0.05) is 104 Å². The second-order valence-electron chi connectivity index (χ2n) is 20.6. The molecule has 410 valence electrons. The summed E-state index contributed by atoms with van der Waals surface area (Å²) in [5.74, 6) is -0.389. The van der Waals surface area contributed by atoms with Gasteiger partial charge in [-0.3, -0.25) is 9.59 Å². The molecule has 15 nitrogen and oxygen atoms in total. The summed E-state index contributed by atoms with van der Waals surface area (Å²) in [7, 11) is -2.46. The van der Waals surface area contributed by atoms with Gasteiger partial charge in [-0.15, -0.1) is 0 Å². The van der Waals surface area contributed by atoms with Crippen LogP contribution in [0.5, 0.6) is 11.5 Å². The molecule has 0 bridgehead atoms. The summed E-state index contributed by atoms with van der Waals surface area (Å²) in [6.07, 6.45) is 6.75. The quantitative estimate of drug-likeness (QED) is 0.0663. The molecular formula is C57H74F3N9O6S. The van der Waals surface area contributed by atoms with Crippen LogP contribution in [0.2, 0.25) is 0 Å². The summed E-state index contributed by atoms with van der Waals surface area (Å²) in [5, 5.41) is 4.19. The van der Waals surface area contributed by atoms with E-state index in [1.165, 1.54) is 35.5 Å². The van der Waals surface area contributed by atoms with Crippen molar-refractivity contribution < 1.29 is 41.7 Å². The van der Waals surface area contributed by atoms with Gasteiger partial charge in [0.2, 0.25) is 5.91 Å². The first-order chi connectivity index (χ1) is 36.8. The van der Waals surface area contributed by atoms with Crippen LogP contribution in [0.25, 0.3) is 0 Å². The van der Waals surface area contributed by atoms with Gasteiger partial charge < -0.3 is 48.2 Å². The molecule has 4 saturated heterocycles. The third-order valence-electron chi connectivity index (χ3n) is 15.2. The van der Waals surface area contributed by atoms with Crippen LogP contribution in [0.15, 0.2) is 102 Å². The first-order valence-corrected chi connectivity index (χ1v) is 28.9. The number of amides is 2. The fourth-order valence-electron chi connectivity index (χ4n) is 11.2. The van der Waals surface area contributed by atoms with E-state index >= 15 is 13.6 Å². The smallest absolute Gasteiger partial charge is 0.285 e. The molecular weight excluding hydrogens is 996 g/mol. The second-order valence-corrected chi connectivity index (χ2v) is 23.4. The monoisotopic (exact) mass is 1070 g/mol. The number of piperazine rings is 1. The predicted octanol–water partition coefficient (Wildman–Crippen LogP) is 9.92. The number of benzene rings is 4. The van der Waals surface area contributed by atoms with Gasteiger partial charge in [0.15, 0.2) is 17.9 Å². The van der Waals surface area contributed by atoms with Crippen LogP contribution in [0.3, 0.4) is 0 Å². The summed E-state index contributed by atoms with van der Waals surface area (Å²) in [5.41, 5.74) is 1.54. The molecule has 0 radical (unpaired) electrons. The van der Waals surface area contributed by atoms with Crippen molar-refractivity contribution in [1.82, 2.24) is 29.5 Å². The molecule has 76 heavy (non-hydrogen) atoms. The molecule has 1 N–H and O–H groups in total. The Labute approximate surface area is 447 Å². The standard InChI is InChI=1S/C57H74F3N9O6S/c1-6-9-10-30-72-53-24-14-44(32-52(53)60)63-76(36-47(69(41(4)5)56(76)71)34-64-25-11-12-42(33-64)55(70)65(7-2)8-3)49-21-17-46(18-22-49)67-28-26-66(27-29-67)45-15-19-48(20-16-45)73-35-54-74-38-57(75-54,37-68-40-61-39-62-68)50-23-13-43(58)31-51(50)59/h13-24,31-32,39-42,47,54,63H,6-12,25-30,33-38H2,1-5H3/t42?,47?,54-,57+/m0/s1. The molecule has 4 fully saturated rings.